The highest BCUT2D eigenvalue weighted by molar-refractivity contribution is 7.89. The van der Waals surface area contributed by atoms with Gasteiger partial charge in [0.05, 0.1) is 11.4 Å². The average Bonchev–Trinajstić information content (AvgIpc) is 2.87. The van der Waals surface area contributed by atoms with Crippen LogP contribution in [0.4, 0.5) is 5.69 Å². The molecule has 182 valence electrons. The SMILES string of the molecule is CN(C1CCCCC1)S(=O)(=O)c1ccc(C(=O)NCc2ccc(N3CCNC(=O)C3)cc2)cc1. The van der Waals surface area contributed by atoms with Crippen molar-refractivity contribution in [1.82, 2.24) is 14.9 Å². The molecule has 0 unspecified atom stereocenters. The first-order valence-corrected chi connectivity index (χ1v) is 13.3. The lowest BCUT2D eigenvalue weighted by molar-refractivity contribution is -0.120. The van der Waals surface area contributed by atoms with E-state index in [4.69, 9.17) is 0 Å². The first-order chi connectivity index (χ1) is 16.3. The smallest absolute Gasteiger partial charge is 0.251 e. The van der Waals surface area contributed by atoms with Crippen LogP contribution in [0.25, 0.3) is 0 Å². The second-order valence-electron chi connectivity index (χ2n) is 8.96. The van der Waals surface area contributed by atoms with Gasteiger partial charge in [-0.1, -0.05) is 31.4 Å². The Morgan fingerprint density at radius 3 is 2.38 bits per heavy atom. The van der Waals surface area contributed by atoms with Gasteiger partial charge in [-0.3, -0.25) is 9.59 Å². The average molecular weight is 485 g/mol. The molecule has 0 radical (unpaired) electrons. The molecule has 9 heteroatoms. The summed E-state index contributed by atoms with van der Waals surface area (Å²) in [4.78, 5) is 26.4. The number of piperazine rings is 1. The zero-order chi connectivity index (χ0) is 24.1. The third-order valence-corrected chi connectivity index (χ3v) is 8.60. The van der Waals surface area contributed by atoms with Crippen molar-refractivity contribution in [3.8, 4) is 0 Å². The highest BCUT2D eigenvalue weighted by atomic mass is 32.2. The van der Waals surface area contributed by atoms with Crippen molar-refractivity contribution in [3.63, 3.8) is 0 Å². The molecule has 1 saturated heterocycles. The maximum atomic E-state index is 13.0. The molecule has 2 fully saturated rings. The van der Waals surface area contributed by atoms with E-state index in [2.05, 4.69) is 10.6 Å². The highest BCUT2D eigenvalue weighted by Crippen LogP contribution is 2.26. The second kappa shape index (κ2) is 10.6. The summed E-state index contributed by atoms with van der Waals surface area (Å²) >= 11 is 0. The minimum Gasteiger partial charge on any atom is -0.360 e. The number of carbonyl (C=O) groups excluding carboxylic acids is 2. The summed E-state index contributed by atoms with van der Waals surface area (Å²) < 4.78 is 27.5. The largest absolute Gasteiger partial charge is 0.360 e. The number of nitrogens with one attached hydrogen (secondary N) is 2. The van der Waals surface area contributed by atoms with E-state index in [0.29, 0.717) is 25.2 Å². The summed E-state index contributed by atoms with van der Waals surface area (Å²) in [7, 11) is -1.93. The quantitative estimate of drug-likeness (QED) is 0.629. The number of nitrogens with zero attached hydrogens (tertiary/aromatic N) is 2. The number of amides is 2. The fourth-order valence-corrected chi connectivity index (χ4v) is 5.97. The predicted octanol–water partition coefficient (Wildman–Crippen LogP) is 2.51. The molecular weight excluding hydrogens is 452 g/mol. The van der Waals surface area contributed by atoms with Crippen molar-refractivity contribution in [2.24, 2.45) is 0 Å². The van der Waals surface area contributed by atoms with Crippen molar-refractivity contribution in [1.29, 1.82) is 0 Å². The molecule has 4 rings (SSSR count). The lowest BCUT2D eigenvalue weighted by atomic mass is 9.96. The molecule has 1 aliphatic heterocycles. The van der Waals surface area contributed by atoms with Crippen molar-refractivity contribution in [2.75, 3.05) is 31.6 Å². The molecule has 2 N–H and O–H groups in total. The second-order valence-corrected chi connectivity index (χ2v) is 11.0. The number of benzene rings is 2. The van der Waals surface area contributed by atoms with Crippen LogP contribution < -0.4 is 15.5 Å². The monoisotopic (exact) mass is 484 g/mol. The molecule has 8 nitrogen and oxygen atoms in total. The van der Waals surface area contributed by atoms with E-state index in [0.717, 1.165) is 49.9 Å². The molecule has 0 atom stereocenters. The van der Waals surface area contributed by atoms with Crippen molar-refractivity contribution < 1.29 is 18.0 Å². The van der Waals surface area contributed by atoms with Gasteiger partial charge in [-0.25, -0.2) is 8.42 Å². The predicted molar refractivity (Wildman–Crippen MR) is 131 cm³/mol. The highest BCUT2D eigenvalue weighted by Gasteiger charge is 2.29. The molecule has 2 aromatic rings. The van der Waals surface area contributed by atoms with Gasteiger partial charge in [0.2, 0.25) is 15.9 Å². The Labute approximate surface area is 201 Å². The van der Waals surface area contributed by atoms with Crippen LogP contribution in [0.5, 0.6) is 0 Å². The molecule has 1 saturated carbocycles. The van der Waals surface area contributed by atoms with E-state index in [-0.39, 0.29) is 22.8 Å². The number of sulfonamides is 1. The fourth-order valence-electron chi connectivity index (χ4n) is 4.55. The Morgan fingerprint density at radius 2 is 1.74 bits per heavy atom. The van der Waals surface area contributed by atoms with Crippen LogP contribution in [-0.2, 0) is 21.4 Å². The van der Waals surface area contributed by atoms with E-state index in [1.54, 1.807) is 19.2 Å². The van der Waals surface area contributed by atoms with Gasteiger partial charge in [0.15, 0.2) is 0 Å². The van der Waals surface area contributed by atoms with Crippen molar-refractivity contribution in [2.45, 2.75) is 49.6 Å². The Kier molecular flexibility index (Phi) is 7.53. The molecule has 0 bridgehead atoms. The standard InChI is InChI=1S/C25H32N4O4S/c1-28(21-5-3-2-4-6-21)34(32,33)23-13-9-20(10-14-23)25(31)27-17-19-7-11-22(12-8-19)29-16-15-26-24(30)18-29/h7-14,21H,2-6,15-18H2,1H3,(H,26,30)(H,27,31). The molecule has 1 aliphatic carbocycles. The summed E-state index contributed by atoms with van der Waals surface area (Å²) in [6.07, 6.45) is 5.06. The summed E-state index contributed by atoms with van der Waals surface area (Å²) in [5, 5.41) is 5.69. The van der Waals surface area contributed by atoms with E-state index in [1.807, 2.05) is 29.2 Å². The Hall–Kier alpha value is -2.91. The molecule has 2 amide bonds. The van der Waals surface area contributed by atoms with Crippen LogP contribution in [0.2, 0.25) is 0 Å². The van der Waals surface area contributed by atoms with Crippen molar-refractivity contribution >= 4 is 27.5 Å². The molecular formula is C25H32N4O4S. The van der Waals surface area contributed by atoms with Gasteiger partial charge < -0.3 is 15.5 Å². The van der Waals surface area contributed by atoms with Crippen LogP contribution in [0.3, 0.4) is 0 Å². The zero-order valence-corrected chi connectivity index (χ0v) is 20.3. The lowest BCUT2D eigenvalue weighted by Gasteiger charge is -2.30. The summed E-state index contributed by atoms with van der Waals surface area (Å²) in [6.45, 7) is 2.10. The number of hydrogen-bond donors (Lipinski definition) is 2. The third kappa shape index (κ3) is 5.59. The van der Waals surface area contributed by atoms with Crippen LogP contribution in [-0.4, -0.2) is 57.3 Å². The molecule has 2 aliphatic rings. The third-order valence-electron chi connectivity index (χ3n) is 6.68. The molecule has 2 aromatic carbocycles. The summed E-state index contributed by atoms with van der Waals surface area (Å²) in [5.41, 5.74) is 2.32. The molecule has 0 aromatic heterocycles. The van der Waals surface area contributed by atoms with Crippen LogP contribution in [0, 0.1) is 0 Å². The van der Waals surface area contributed by atoms with E-state index in [1.165, 1.54) is 16.4 Å². The van der Waals surface area contributed by atoms with Gasteiger partial charge in [-0.05, 0) is 54.8 Å². The normalized spacial score (nSPS) is 17.5. The lowest BCUT2D eigenvalue weighted by Crippen LogP contribution is -2.47. The van der Waals surface area contributed by atoms with Crippen molar-refractivity contribution in [3.05, 3.63) is 59.7 Å². The molecule has 34 heavy (non-hydrogen) atoms. The first-order valence-electron chi connectivity index (χ1n) is 11.8. The Balaban J connectivity index is 1.33. The molecule has 1 heterocycles. The van der Waals surface area contributed by atoms with E-state index >= 15 is 0 Å². The number of carbonyl (C=O) groups is 2. The van der Waals surface area contributed by atoms with Gasteiger partial charge in [0, 0.05) is 44.0 Å². The fraction of sp³-hybridized carbons (Fsp3) is 0.440. The maximum Gasteiger partial charge on any atom is 0.251 e. The summed E-state index contributed by atoms with van der Waals surface area (Å²) in [6, 6.07) is 13.9. The number of hydrogen-bond acceptors (Lipinski definition) is 5. The van der Waals surface area contributed by atoms with E-state index < -0.39 is 10.0 Å². The minimum atomic E-state index is -3.58. The summed E-state index contributed by atoms with van der Waals surface area (Å²) in [5.74, 6) is -0.247. The van der Waals surface area contributed by atoms with Gasteiger partial charge in [-0.2, -0.15) is 4.31 Å². The Morgan fingerprint density at radius 1 is 1.06 bits per heavy atom. The zero-order valence-electron chi connectivity index (χ0n) is 19.5. The van der Waals surface area contributed by atoms with Gasteiger partial charge in [0.1, 0.15) is 0 Å². The van der Waals surface area contributed by atoms with Crippen LogP contribution in [0.1, 0.15) is 48.0 Å². The van der Waals surface area contributed by atoms with Gasteiger partial charge >= 0.3 is 0 Å². The Bertz CT molecular complexity index is 1110. The maximum absolute atomic E-state index is 13.0. The van der Waals surface area contributed by atoms with Gasteiger partial charge in [-0.15, -0.1) is 0 Å². The van der Waals surface area contributed by atoms with Gasteiger partial charge in [0.25, 0.3) is 5.91 Å². The molecule has 0 spiro atoms. The van der Waals surface area contributed by atoms with E-state index in [9.17, 15) is 18.0 Å². The number of anilines is 1. The number of rotatable bonds is 7. The first kappa shape index (κ1) is 24.2. The minimum absolute atomic E-state index is 0.0158. The topological polar surface area (TPSA) is 98.8 Å². The van der Waals surface area contributed by atoms with Crippen LogP contribution in [0.15, 0.2) is 53.4 Å². The van der Waals surface area contributed by atoms with Crippen LogP contribution >= 0.6 is 0 Å².